The Morgan fingerprint density at radius 2 is 1.86 bits per heavy atom. The first-order chi connectivity index (χ1) is 10.3. The van der Waals surface area contributed by atoms with Crippen LogP contribution in [-0.2, 0) is 6.42 Å². The molecule has 1 aromatic rings. The number of hydrogen-bond acceptors (Lipinski definition) is 4. The third-order valence-corrected chi connectivity index (χ3v) is 4.30. The minimum absolute atomic E-state index is 0.717. The van der Waals surface area contributed by atoms with Gasteiger partial charge in [-0.15, -0.1) is 0 Å². The fraction of sp³-hybridized carbons (Fsp3) is 0.471. The summed E-state index contributed by atoms with van der Waals surface area (Å²) in [7, 11) is 2.18. The highest BCUT2D eigenvalue weighted by Gasteiger charge is 2.18. The standard InChI is InChI=1S/C17H24N4/c1-3-15-6-4-5-7-16(15)21-9-8-17(18-14-21)20-12-10-19(2)11-13-20/h4-9H,3,10-14H2,1-2H3. The van der Waals surface area contributed by atoms with Crippen LogP contribution in [0, 0.1) is 0 Å². The van der Waals surface area contributed by atoms with Gasteiger partial charge in [0.1, 0.15) is 12.5 Å². The molecular weight excluding hydrogens is 260 g/mol. The third-order valence-electron chi connectivity index (χ3n) is 4.30. The summed E-state index contributed by atoms with van der Waals surface area (Å²) < 4.78 is 0. The number of aryl methyl sites for hydroxylation is 1. The molecule has 1 saturated heterocycles. The van der Waals surface area contributed by atoms with Gasteiger partial charge in [-0.25, -0.2) is 4.99 Å². The minimum Gasteiger partial charge on any atom is -0.354 e. The molecule has 112 valence electrons. The van der Waals surface area contributed by atoms with Gasteiger partial charge in [-0.3, -0.25) is 0 Å². The lowest BCUT2D eigenvalue weighted by Gasteiger charge is -2.35. The Morgan fingerprint density at radius 3 is 2.52 bits per heavy atom. The lowest BCUT2D eigenvalue weighted by molar-refractivity contribution is 0.215. The number of benzene rings is 1. The van der Waals surface area contributed by atoms with Crippen molar-refractivity contribution in [2.45, 2.75) is 13.3 Å². The topological polar surface area (TPSA) is 22.1 Å². The Kier molecular flexibility index (Phi) is 4.25. The molecule has 0 aliphatic carbocycles. The number of rotatable bonds is 2. The van der Waals surface area contributed by atoms with E-state index in [1.54, 1.807) is 0 Å². The average Bonchev–Trinajstić information content (AvgIpc) is 2.56. The first-order valence-electron chi connectivity index (χ1n) is 7.78. The van der Waals surface area contributed by atoms with E-state index in [1.807, 2.05) is 0 Å². The van der Waals surface area contributed by atoms with Crippen LogP contribution in [-0.4, -0.2) is 55.5 Å². The van der Waals surface area contributed by atoms with Crippen LogP contribution in [0.5, 0.6) is 0 Å². The number of hydrogen-bond donors (Lipinski definition) is 0. The van der Waals surface area contributed by atoms with Gasteiger partial charge in [0.25, 0.3) is 0 Å². The number of para-hydroxylation sites is 1. The van der Waals surface area contributed by atoms with Crippen LogP contribution in [0.1, 0.15) is 12.5 Å². The summed E-state index contributed by atoms with van der Waals surface area (Å²) in [5.41, 5.74) is 2.65. The van der Waals surface area contributed by atoms with Crippen LogP contribution in [0.15, 0.2) is 41.5 Å². The SMILES string of the molecule is CCc1ccccc1N1C=CC(N2CCN(C)CC2)=NC1. The number of piperazine rings is 1. The molecule has 2 aliphatic heterocycles. The highest BCUT2D eigenvalue weighted by Crippen LogP contribution is 2.22. The van der Waals surface area contributed by atoms with Crippen molar-refractivity contribution < 1.29 is 0 Å². The van der Waals surface area contributed by atoms with Crippen molar-refractivity contribution >= 4 is 11.5 Å². The summed E-state index contributed by atoms with van der Waals surface area (Å²) in [5, 5.41) is 0. The minimum atomic E-state index is 0.717. The monoisotopic (exact) mass is 284 g/mol. The summed E-state index contributed by atoms with van der Waals surface area (Å²) in [4.78, 5) is 11.8. The molecule has 0 atom stereocenters. The molecule has 2 aliphatic rings. The number of nitrogens with zero attached hydrogens (tertiary/aromatic N) is 4. The van der Waals surface area contributed by atoms with E-state index >= 15 is 0 Å². The van der Waals surface area contributed by atoms with Gasteiger partial charge in [0, 0.05) is 38.1 Å². The van der Waals surface area contributed by atoms with Crippen molar-refractivity contribution in [2.75, 3.05) is 44.8 Å². The fourth-order valence-electron chi connectivity index (χ4n) is 2.89. The van der Waals surface area contributed by atoms with Crippen molar-refractivity contribution in [3.63, 3.8) is 0 Å². The molecule has 0 bridgehead atoms. The van der Waals surface area contributed by atoms with Crippen molar-refractivity contribution in [1.29, 1.82) is 0 Å². The molecule has 1 aromatic carbocycles. The van der Waals surface area contributed by atoms with E-state index < -0.39 is 0 Å². The molecule has 1 fully saturated rings. The van der Waals surface area contributed by atoms with Gasteiger partial charge >= 0.3 is 0 Å². The Morgan fingerprint density at radius 1 is 1.10 bits per heavy atom. The summed E-state index contributed by atoms with van der Waals surface area (Å²) >= 11 is 0. The Hall–Kier alpha value is -1.81. The maximum Gasteiger partial charge on any atom is 0.127 e. The zero-order valence-electron chi connectivity index (χ0n) is 13.0. The van der Waals surface area contributed by atoms with Crippen molar-refractivity contribution in [3.8, 4) is 0 Å². The average molecular weight is 284 g/mol. The van der Waals surface area contributed by atoms with Gasteiger partial charge in [0.2, 0.25) is 0 Å². The van der Waals surface area contributed by atoms with Crippen molar-refractivity contribution in [1.82, 2.24) is 9.80 Å². The molecule has 0 amide bonds. The number of likely N-dealkylation sites (N-methyl/N-ethyl adjacent to an activating group) is 1. The number of amidine groups is 1. The molecule has 0 radical (unpaired) electrons. The molecule has 0 N–H and O–H groups in total. The summed E-state index contributed by atoms with van der Waals surface area (Å²) in [6.07, 6.45) is 5.38. The largest absolute Gasteiger partial charge is 0.354 e. The van der Waals surface area contributed by atoms with E-state index in [1.165, 1.54) is 11.3 Å². The van der Waals surface area contributed by atoms with Gasteiger partial charge in [0.05, 0.1) is 0 Å². The Balaban J connectivity index is 1.68. The number of aliphatic imine (C=N–C) groups is 1. The van der Waals surface area contributed by atoms with E-state index in [-0.39, 0.29) is 0 Å². The fourth-order valence-corrected chi connectivity index (χ4v) is 2.89. The van der Waals surface area contributed by atoms with Crippen molar-refractivity contribution in [2.24, 2.45) is 4.99 Å². The number of anilines is 1. The molecule has 0 aromatic heterocycles. The smallest absolute Gasteiger partial charge is 0.127 e. The van der Waals surface area contributed by atoms with Crippen LogP contribution in [0.3, 0.4) is 0 Å². The molecule has 4 nitrogen and oxygen atoms in total. The third kappa shape index (κ3) is 3.10. The molecule has 3 rings (SSSR count). The highest BCUT2D eigenvalue weighted by molar-refractivity contribution is 5.94. The summed E-state index contributed by atoms with van der Waals surface area (Å²) in [6.45, 7) is 7.31. The molecular formula is C17H24N4. The molecule has 0 unspecified atom stereocenters. The van der Waals surface area contributed by atoms with E-state index in [0.29, 0.717) is 0 Å². The zero-order valence-corrected chi connectivity index (χ0v) is 13.0. The van der Waals surface area contributed by atoms with Gasteiger partial charge < -0.3 is 14.7 Å². The molecule has 0 spiro atoms. The van der Waals surface area contributed by atoms with Crippen LogP contribution in [0.2, 0.25) is 0 Å². The summed E-state index contributed by atoms with van der Waals surface area (Å²) in [5.74, 6) is 1.13. The van der Waals surface area contributed by atoms with Gasteiger partial charge in [-0.05, 0) is 31.2 Å². The second-order valence-corrected chi connectivity index (χ2v) is 5.72. The van der Waals surface area contributed by atoms with Gasteiger partial charge in [-0.2, -0.15) is 0 Å². The maximum absolute atomic E-state index is 4.77. The lowest BCUT2D eigenvalue weighted by Crippen LogP contribution is -2.47. The second kappa shape index (κ2) is 6.31. The summed E-state index contributed by atoms with van der Waals surface area (Å²) in [6, 6.07) is 8.58. The van der Waals surface area contributed by atoms with Crippen LogP contribution in [0.25, 0.3) is 0 Å². The maximum atomic E-state index is 4.77. The van der Waals surface area contributed by atoms with Crippen molar-refractivity contribution in [3.05, 3.63) is 42.1 Å². The van der Waals surface area contributed by atoms with E-state index in [9.17, 15) is 0 Å². The Labute approximate surface area is 127 Å². The predicted molar refractivity (Wildman–Crippen MR) is 88.8 cm³/mol. The first kappa shape index (κ1) is 14.1. The normalized spacial score (nSPS) is 19.8. The quantitative estimate of drug-likeness (QED) is 0.831. The highest BCUT2D eigenvalue weighted by atomic mass is 15.3. The molecule has 4 heteroatoms. The lowest BCUT2D eigenvalue weighted by atomic mass is 10.1. The second-order valence-electron chi connectivity index (χ2n) is 5.72. The van der Waals surface area contributed by atoms with Gasteiger partial charge in [-0.1, -0.05) is 25.1 Å². The first-order valence-corrected chi connectivity index (χ1v) is 7.78. The van der Waals surface area contributed by atoms with Gasteiger partial charge in [0.15, 0.2) is 0 Å². The molecule has 21 heavy (non-hydrogen) atoms. The van der Waals surface area contributed by atoms with E-state index in [4.69, 9.17) is 4.99 Å². The van der Waals surface area contributed by atoms with E-state index in [0.717, 1.165) is 45.1 Å². The van der Waals surface area contributed by atoms with Crippen LogP contribution >= 0.6 is 0 Å². The van der Waals surface area contributed by atoms with Crippen LogP contribution < -0.4 is 4.90 Å². The zero-order chi connectivity index (χ0) is 14.7. The molecule has 0 saturated carbocycles. The van der Waals surface area contributed by atoms with Crippen LogP contribution in [0.4, 0.5) is 5.69 Å². The predicted octanol–water partition coefficient (Wildman–Crippen LogP) is 2.19. The van der Waals surface area contributed by atoms with E-state index in [2.05, 4.69) is 65.2 Å². The molecule has 2 heterocycles. The Bertz CT molecular complexity index is 541.